The molecule has 1 aliphatic heterocycles. The van der Waals surface area contributed by atoms with E-state index in [0.717, 1.165) is 43.8 Å². The van der Waals surface area contributed by atoms with Gasteiger partial charge in [0.1, 0.15) is 11.5 Å². The Balaban J connectivity index is 1.43. The molecule has 0 saturated carbocycles. The Morgan fingerprint density at radius 3 is 2.52 bits per heavy atom. The molecule has 0 atom stereocenters. The lowest BCUT2D eigenvalue weighted by Gasteiger charge is -2.32. The molecule has 2 aromatic carbocycles. The highest BCUT2D eigenvalue weighted by molar-refractivity contribution is 5.96. The lowest BCUT2D eigenvalue weighted by atomic mass is 9.96. The van der Waals surface area contributed by atoms with Crippen molar-refractivity contribution in [3.05, 3.63) is 59.2 Å². The van der Waals surface area contributed by atoms with Crippen LogP contribution >= 0.6 is 0 Å². The quantitative estimate of drug-likeness (QED) is 0.821. The largest absolute Gasteiger partial charge is 0.507 e. The van der Waals surface area contributed by atoms with Crippen LogP contribution in [0.4, 0.5) is 0 Å². The Morgan fingerprint density at radius 1 is 1.19 bits per heavy atom. The summed E-state index contributed by atoms with van der Waals surface area (Å²) in [6.07, 6.45) is 2.13. The van der Waals surface area contributed by atoms with Gasteiger partial charge in [-0.3, -0.25) is 9.69 Å². The highest BCUT2D eigenvalue weighted by Gasteiger charge is 2.20. The minimum Gasteiger partial charge on any atom is -0.507 e. The molecule has 144 valence electrons. The van der Waals surface area contributed by atoms with Crippen molar-refractivity contribution >= 4 is 5.91 Å². The monoisotopic (exact) mass is 368 g/mol. The average Bonchev–Trinajstić information content (AvgIpc) is 2.68. The number of aryl methyl sites for hydroxylation is 1. The maximum absolute atomic E-state index is 12.3. The second-order valence-corrected chi connectivity index (χ2v) is 7.30. The van der Waals surface area contributed by atoms with Gasteiger partial charge in [0.25, 0.3) is 5.91 Å². The number of phenolic OH excluding ortho intramolecular Hbond substituents is 1. The van der Waals surface area contributed by atoms with E-state index in [0.29, 0.717) is 18.0 Å². The van der Waals surface area contributed by atoms with Crippen LogP contribution in [-0.4, -0.2) is 42.7 Å². The first-order valence-corrected chi connectivity index (χ1v) is 9.48. The molecule has 0 unspecified atom stereocenters. The van der Waals surface area contributed by atoms with Crippen molar-refractivity contribution in [2.24, 2.45) is 5.92 Å². The fourth-order valence-electron chi connectivity index (χ4n) is 3.50. The maximum atomic E-state index is 12.3. The van der Waals surface area contributed by atoms with E-state index in [1.54, 1.807) is 19.2 Å². The smallest absolute Gasteiger partial charge is 0.255 e. The van der Waals surface area contributed by atoms with Crippen molar-refractivity contribution in [2.75, 3.05) is 26.7 Å². The molecule has 5 heteroatoms. The lowest BCUT2D eigenvalue weighted by Crippen LogP contribution is -2.38. The number of carbonyl (C=O) groups excluding carboxylic acids is 1. The first-order valence-electron chi connectivity index (χ1n) is 9.48. The summed E-state index contributed by atoms with van der Waals surface area (Å²) in [5, 5.41) is 12.9. The van der Waals surface area contributed by atoms with Crippen LogP contribution in [0.15, 0.2) is 42.5 Å². The third kappa shape index (κ3) is 5.23. The number of nitrogens with one attached hydrogen (secondary N) is 1. The third-order valence-corrected chi connectivity index (χ3v) is 5.22. The summed E-state index contributed by atoms with van der Waals surface area (Å²) in [6, 6.07) is 13.4. The molecule has 1 fully saturated rings. The molecule has 1 aliphatic rings. The Labute approximate surface area is 161 Å². The number of methoxy groups -OCH3 is 1. The number of carbonyl (C=O) groups is 1. The van der Waals surface area contributed by atoms with Crippen molar-refractivity contribution in [3.8, 4) is 11.5 Å². The lowest BCUT2D eigenvalue weighted by molar-refractivity contribution is 0.0932. The van der Waals surface area contributed by atoms with Crippen LogP contribution < -0.4 is 10.1 Å². The summed E-state index contributed by atoms with van der Waals surface area (Å²) < 4.78 is 5.20. The van der Waals surface area contributed by atoms with E-state index in [2.05, 4.69) is 22.3 Å². The van der Waals surface area contributed by atoms with Crippen LogP contribution in [0.3, 0.4) is 0 Å². The number of benzene rings is 2. The maximum Gasteiger partial charge on any atom is 0.255 e. The summed E-state index contributed by atoms with van der Waals surface area (Å²) in [5.41, 5.74) is 2.57. The van der Waals surface area contributed by atoms with Gasteiger partial charge in [0.2, 0.25) is 0 Å². The van der Waals surface area contributed by atoms with Gasteiger partial charge in [-0.15, -0.1) is 0 Å². The van der Waals surface area contributed by atoms with E-state index in [-0.39, 0.29) is 11.7 Å². The van der Waals surface area contributed by atoms with Gasteiger partial charge >= 0.3 is 0 Å². The van der Waals surface area contributed by atoms with Crippen molar-refractivity contribution in [2.45, 2.75) is 26.3 Å². The van der Waals surface area contributed by atoms with Crippen molar-refractivity contribution in [3.63, 3.8) is 0 Å². The number of piperidine rings is 1. The van der Waals surface area contributed by atoms with Crippen molar-refractivity contribution in [1.29, 1.82) is 0 Å². The number of rotatable bonds is 6. The third-order valence-electron chi connectivity index (χ3n) is 5.22. The molecule has 0 spiro atoms. The topological polar surface area (TPSA) is 61.8 Å². The molecule has 0 aliphatic carbocycles. The molecule has 27 heavy (non-hydrogen) atoms. The predicted octanol–water partition coefficient (Wildman–Crippen LogP) is 3.35. The molecule has 2 aromatic rings. The molecule has 3 rings (SSSR count). The molecule has 1 heterocycles. The second-order valence-electron chi connectivity index (χ2n) is 7.30. The summed E-state index contributed by atoms with van der Waals surface area (Å²) in [5.74, 6) is 1.21. The zero-order valence-electron chi connectivity index (χ0n) is 16.1. The fraction of sp³-hybridized carbons (Fsp3) is 0.409. The Hall–Kier alpha value is -2.53. The van der Waals surface area contributed by atoms with Gasteiger partial charge in [-0.05, 0) is 74.2 Å². The van der Waals surface area contributed by atoms with E-state index < -0.39 is 0 Å². The van der Waals surface area contributed by atoms with Gasteiger partial charge in [0.05, 0.1) is 12.7 Å². The van der Waals surface area contributed by atoms with Gasteiger partial charge in [-0.25, -0.2) is 0 Å². The van der Waals surface area contributed by atoms with Crippen LogP contribution in [0.5, 0.6) is 11.5 Å². The number of ether oxygens (including phenoxy) is 1. The van der Waals surface area contributed by atoms with Crippen molar-refractivity contribution in [1.82, 2.24) is 10.2 Å². The molecular formula is C22H28N2O3. The summed E-state index contributed by atoms with van der Waals surface area (Å²) >= 11 is 0. The van der Waals surface area contributed by atoms with Gasteiger partial charge in [-0.1, -0.05) is 18.2 Å². The molecule has 1 saturated heterocycles. The first kappa shape index (κ1) is 19.2. The number of phenols is 1. The van der Waals surface area contributed by atoms with Crippen LogP contribution in [0, 0.1) is 12.8 Å². The van der Waals surface area contributed by atoms with Gasteiger partial charge in [0.15, 0.2) is 0 Å². The number of hydrogen-bond donors (Lipinski definition) is 2. The van der Waals surface area contributed by atoms with Gasteiger partial charge < -0.3 is 15.2 Å². The highest BCUT2D eigenvalue weighted by atomic mass is 16.5. The van der Waals surface area contributed by atoms with Crippen LogP contribution in [0.25, 0.3) is 0 Å². The molecule has 0 aromatic heterocycles. The number of nitrogens with zero attached hydrogens (tertiary/aromatic N) is 1. The number of amides is 1. The summed E-state index contributed by atoms with van der Waals surface area (Å²) in [6.45, 7) is 5.55. The highest BCUT2D eigenvalue weighted by Crippen LogP contribution is 2.21. The average molecular weight is 368 g/mol. The van der Waals surface area contributed by atoms with Gasteiger partial charge in [-0.2, -0.15) is 0 Å². The molecule has 2 N–H and O–H groups in total. The van der Waals surface area contributed by atoms with Crippen molar-refractivity contribution < 1.29 is 14.6 Å². The SMILES string of the molecule is COc1ccc(CN2CCC(CNC(=O)c3ccc(C)cc3O)CC2)cc1. The fourth-order valence-corrected chi connectivity index (χ4v) is 3.50. The molecule has 0 radical (unpaired) electrons. The Morgan fingerprint density at radius 2 is 1.89 bits per heavy atom. The Bertz CT molecular complexity index is 766. The number of hydrogen-bond acceptors (Lipinski definition) is 4. The molecule has 1 amide bonds. The van der Waals surface area contributed by atoms with Gasteiger partial charge in [0, 0.05) is 13.1 Å². The zero-order chi connectivity index (χ0) is 19.2. The summed E-state index contributed by atoms with van der Waals surface area (Å²) in [4.78, 5) is 14.7. The summed E-state index contributed by atoms with van der Waals surface area (Å²) in [7, 11) is 1.68. The minimum atomic E-state index is -0.201. The zero-order valence-corrected chi connectivity index (χ0v) is 16.1. The van der Waals surface area contributed by atoms with E-state index >= 15 is 0 Å². The Kier molecular flexibility index (Phi) is 6.35. The standard InChI is InChI=1S/C22H28N2O3/c1-16-3-8-20(21(25)13-16)22(26)23-14-17-9-11-24(12-10-17)15-18-4-6-19(27-2)7-5-18/h3-8,13,17,25H,9-12,14-15H2,1-2H3,(H,23,26). The van der Waals surface area contributed by atoms with E-state index in [1.807, 2.05) is 25.1 Å². The van der Waals surface area contributed by atoms with Crippen LogP contribution in [0.1, 0.15) is 34.3 Å². The molecule has 0 bridgehead atoms. The molecular weight excluding hydrogens is 340 g/mol. The number of aromatic hydroxyl groups is 1. The first-order chi connectivity index (χ1) is 13.0. The van der Waals surface area contributed by atoms with E-state index in [4.69, 9.17) is 4.74 Å². The molecule has 5 nitrogen and oxygen atoms in total. The van der Waals surface area contributed by atoms with E-state index in [1.165, 1.54) is 5.56 Å². The minimum absolute atomic E-state index is 0.0433. The second kappa shape index (κ2) is 8.91. The number of likely N-dealkylation sites (tertiary alicyclic amines) is 1. The normalized spacial score (nSPS) is 15.5. The van der Waals surface area contributed by atoms with Crippen LogP contribution in [0.2, 0.25) is 0 Å². The predicted molar refractivity (Wildman–Crippen MR) is 106 cm³/mol. The van der Waals surface area contributed by atoms with Crippen LogP contribution in [-0.2, 0) is 6.54 Å². The van der Waals surface area contributed by atoms with E-state index in [9.17, 15) is 9.90 Å².